The second-order valence-electron chi connectivity index (χ2n) is 6.56. The zero-order chi connectivity index (χ0) is 17.2. The van der Waals surface area contributed by atoms with Crippen LogP contribution in [0.4, 0.5) is 11.6 Å². The number of rotatable bonds is 4. The van der Waals surface area contributed by atoms with E-state index < -0.39 is 0 Å². The molecule has 0 saturated heterocycles. The van der Waals surface area contributed by atoms with E-state index >= 15 is 0 Å². The van der Waals surface area contributed by atoms with Gasteiger partial charge in [0.15, 0.2) is 11.5 Å². The van der Waals surface area contributed by atoms with Crippen molar-refractivity contribution >= 4 is 17.5 Å². The van der Waals surface area contributed by atoms with Gasteiger partial charge >= 0.3 is 0 Å². The Morgan fingerprint density at radius 2 is 2.04 bits per heavy atom. The van der Waals surface area contributed by atoms with E-state index in [1.165, 1.54) is 0 Å². The number of amides is 1. The van der Waals surface area contributed by atoms with Gasteiger partial charge in [-0.3, -0.25) is 10.1 Å². The minimum Gasteiger partial charge on any atom is -0.486 e. The highest BCUT2D eigenvalue weighted by atomic mass is 16.6. The largest absolute Gasteiger partial charge is 0.486 e. The molecule has 1 aromatic carbocycles. The molecule has 0 fully saturated rings. The van der Waals surface area contributed by atoms with Gasteiger partial charge < -0.3 is 19.3 Å². The number of fused-ring (bicyclic) bond motifs is 1. The summed E-state index contributed by atoms with van der Waals surface area (Å²) in [7, 11) is 0. The van der Waals surface area contributed by atoms with Crippen LogP contribution >= 0.6 is 0 Å². The van der Waals surface area contributed by atoms with Crippen molar-refractivity contribution in [2.24, 2.45) is 0 Å². The second-order valence-corrected chi connectivity index (χ2v) is 6.56. The number of anilines is 2. The smallest absolute Gasteiger partial charge is 0.246 e. The molecule has 0 bridgehead atoms. The summed E-state index contributed by atoms with van der Waals surface area (Å²) >= 11 is 0. The Balaban J connectivity index is 1.59. The van der Waals surface area contributed by atoms with Crippen LogP contribution in [0.1, 0.15) is 26.5 Å². The lowest BCUT2D eigenvalue weighted by Gasteiger charge is -2.21. The van der Waals surface area contributed by atoms with Crippen LogP contribution in [0, 0.1) is 0 Å². The lowest BCUT2D eigenvalue weighted by Crippen LogP contribution is -2.23. The summed E-state index contributed by atoms with van der Waals surface area (Å²) in [6.45, 7) is 7.17. The third-order valence-corrected chi connectivity index (χ3v) is 3.55. The van der Waals surface area contributed by atoms with E-state index in [1.54, 1.807) is 6.07 Å². The van der Waals surface area contributed by atoms with Gasteiger partial charge in [-0.15, -0.1) is 0 Å². The van der Waals surface area contributed by atoms with Crippen LogP contribution in [0.3, 0.4) is 0 Å². The minimum absolute atomic E-state index is 0.0748. The molecular formula is C17H21N3O4. The summed E-state index contributed by atoms with van der Waals surface area (Å²) in [5.74, 6) is 1.41. The molecule has 0 unspecified atom stereocenters. The Kier molecular flexibility index (Phi) is 4.33. The molecule has 1 aliphatic heterocycles. The SMILES string of the molecule is CC(C)(C)c1cc(NC(=O)CNc2cccc3c2OCCO3)on1. The highest BCUT2D eigenvalue weighted by molar-refractivity contribution is 5.92. The topological polar surface area (TPSA) is 85.6 Å². The first-order chi connectivity index (χ1) is 11.4. The molecule has 0 atom stereocenters. The van der Waals surface area contributed by atoms with E-state index in [2.05, 4.69) is 15.8 Å². The van der Waals surface area contributed by atoms with E-state index in [-0.39, 0.29) is 17.9 Å². The van der Waals surface area contributed by atoms with E-state index in [9.17, 15) is 4.79 Å². The Morgan fingerprint density at radius 3 is 2.79 bits per heavy atom. The van der Waals surface area contributed by atoms with Crippen molar-refractivity contribution in [3.05, 3.63) is 30.0 Å². The molecule has 7 heteroatoms. The Morgan fingerprint density at radius 1 is 1.25 bits per heavy atom. The van der Waals surface area contributed by atoms with Crippen molar-refractivity contribution in [2.75, 3.05) is 30.4 Å². The molecule has 1 amide bonds. The van der Waals surface area contributed by atoms with Crippen LogP contribution in [0.2, 0.25) is 0 Å². The summed E-state index contributed by atoms with van der Waals surface area (Å²) in [6, 6.07) is 7.26. The number of benzene rings is 1. The van der Waals surface area contributed by atoms with Gasteiger partial charge in [0.2, 0.25) is 11.8 Å². The summed E-state index contributed by atoms with van der Waals surface area (Å²) < 4.78 is 16.3. The van der Waals surface area contributed by atoms with Gasteiger partial charge in [0.05, 0.1) is 17.9 Å². The summed E-state index contributed by atoms with van der Waals surface area (Å²) in [5.41, 5.74) is 1.37. The summed E-state index contributed by atoms with van der Waals surface area (Å²) in [6.07, 6.45) is 0. The third kappa shape index (κ3) is 3.61. The minimum atomic E-state index is -0.235. The Bertz CT molecular complexity index is 734. The molecule has 128 valence electrons. The molecule has 1 aromatic heterocycles. The Labute approximate surface area is 140 Å². The maximum Gasteiger partial charge on any atom is 0.246 e. The number of hydrogen-bond donors (Lipinski definition) is 2. The average Bonchev–Trinajstić information content (AvgIpc) is 3.01. The number of carbonyl (C=O) groups is 1. The molecule has 2 N–H and O–H groups in total. The molecule has 0 aliphatic carbocycles. The molecule has 0 saturated carbocycles. The van der Waals surface area contributed by atoms with Gasteiger partial charge in [0, 0.05) is 11.5 Å². The molecule has 0 radical (unpaired) electrons. The van der Waals surface area contributed by atoms with Crippen LogP contribution in [-0.4, -0.2) is 30.8 Å². The fourth-order valence-corrected chi connectivity index (χ4v) is 2.26. The summed E-state index contributed by atoms with van der Waals surface area (Å²) in [5, 5.41) is 9.70. The molecular weight excluding hydrogens is 310 g/mol. The van der Waals surface area contributed by atoms with Crippen LogP contribution in [-0.2, 0) is 10.2 Å². The van der Waals surface area contributed by atoms with Crippen molar-refractivity contribution in [2.45, 2.75) is 26.2 Å². The van der Waals surface area contributed by atoms with Crippen molar-refractivity contribution in [1.29, 1.82) is 0 Å². The quantitative estimate of drug-likeness (QED) is 0.896. The van der Waals surface area contributed by atoms with E-state index in [1.807, 2.05) is 39.0 Å². The molecule has 2 aromatic rings. The van der Waals surface area contributed by atoms with E-state index in [0.717, 1.165) is 11.4 Å². The van der Waals surface area contributed by atoms with Gasteiger partial charge in [-0.1, -0.05) is 32.0 Å². The van der Waals surface area contributed by atoms with Gasteiger partial charge in [-0.05, 0) is 12.1 Å². The molecule has 2 heterocycles. The highest BCUT2D eigenvalue weighted by Gasteiger charge is 2.20. The van der Waals surface area contributed by atoms with Gasteiger partial charge in [-0.2, -0.15) is 0 Å². The van der Waals surface area contributed by atoms with Crippen LogP contribution < -0.4 is 20.1 Å². The number of aromatic nitrogens is 1. The van der Waals surface area contributed by atoms with Gasteiger partial charge in [-0.25, -0.2) is 0 Å². The van der Waals surface area contributed by atoms with Gasteiger partial charge in [0.25, 0.3) is 0 Å². The number of para-hydroxylation sites is 1. The van der Waals surface area contributed by atoms with Crippen LogP contribution in [0.5, 0.6) is 11.5 Å². The first-order valence-corrected chi connectivity index (χ1v) is 7.83. The van der Waals surface area contributed by atoms with Gasteiger partial charge in [0.1, 0.15) is 13.2 Å². The molecule has 0 spiro atoms. The van der Waals surface area contributed by atoms with E-state index in [4.69, 9.17) is 14.0 Å². The molecule has 24 heavy (non-hydrogen) atoms. The van der Waals surface area contributed by atoms with Crippen LogP contribution in [0.15, 0.2) is 28.8 Å². The normalized spacial score (nSPS) is 13.5. The number of nitrogens with zero attached hydrogens (tertiary/aromatic N) is 1. The lowest BCUT2D eigenvalue weighted by atomic mass is 9.92. The first-order valence-electron chi connectivity index (χ1n) is 7.83. The zero-order valence-corrected chi connectivity index (χ0v) is 14.0. The predicted molar refractivity (Wildman–Crippen MR) is 89.8 cm³/mol. The number of hydrogen-bond acceptors (Lipinski definition) is 6. The Hall–Kier alpha value is -2.70. The number of carbonyl (C=O) groups excluding carboxylic acids is 1. The second kappa shape index (κ2) is 6.43. The van der Waals surface area contributed by atoms with Crippen molar-refractivity contribution in [3.8, 4) is 11.5 Å². The third-order valence-electron chi connectivity index (χ3n) is 3.55. The standard InChI is InChI=1S/C17H21N3O4/c1-17(2,3)13-9-15(24-20-13)19-14(21)10-18-11-5-4-6-12-16(11)23-8-7-22-12/h4-6,9,18H,7-8,10H2,1-3H3,(H,19,21). The average molecular weight is 331 g/mol. The number of nitrogens with one attached hydrogen (secondary N) is 2. The maximum absolute atomic E-state index is 12.1. The number of ether oxygens (including phenoxy) is 2. The molecule has 3 rings (SSSR count). The van der Waals surface area contributed by atoms with E-state index in [0.29, 0.717) is 30.6 Å². The fourth-order valence-electron chi connectivity index (χ4n) is 2.26. The lowest BCUT2D eigenvalue weighted by molar-refractivity contribution is -0.114. The van der Waals surface area contributed by atoms with Crippen molar-refractivity contribution < 1.29 is 18.8 Å². The molecule has 1 aliphatic rings. The predicted octanol–water partition coefficient (Wildman–Crippen LogP) is 2.79. The van der Waals surface area contributed by atoms with Crippen molar-refractivity contribution in [1.82, 2.24) is 5.16 Å². The zero-order valence-electron chi connectivity index (χ0n) is 14.0. The fraction of sp³-hybridized carbons (Fsp3) is 0.412. The van der Waals surface area contributed by atoms with Crippen LogP contribution in [0.25, 0.3) is 0 Å². The first kappa shape index (κ1) is 16.2. The summed E-state index contributed by atoms with van der Waals surface area (Å²) in [4.78, 5) is 12.1. The highest BCUT2D eigenvalue weighted by Crippen LogP contribution is 2.37. The molecule has 7 nitrogen and oxygen atoms in total. The van der Waals surface area contributed by atoms with Crippen molar-refractivity contribution in [3.63, 3.8) is 0 Å². The maximum atomic E-state index is 12.1. The monoisotopic (exact) mass is 331 g/mol.